The Morgan fingerprint density at radius 1 is 1.50 bits per heavy atom. The van der Waals surface area contributed by atoms with Gasteiger partial charge in [0.2, 0.25) is 0 Å². The number of alkyl halides is 3. The summed E-state index contributed by atoms with van der Waals surface area (Å²) >= 11 is 0. The second-order valence-corrected chi connectivity index (χ2v) is 4.73. The molecule has 0 amide bonds. The largest absolute Gasteiger partial charge is 0.409 e. The summed E-state index contributed by atoms with van der Waals surface area (Å²) in [6, 6.07) is 0.0140. The Labute approximate surface area is 104 Å². The van der Waals surface area contributed by atoms with Crippen LogP contribution in [0.5, 0.6) is 0 Å². The van der Waals surface area contributed by atoms with Crippen LogP contribution in [0.15, 0.2) is 5.16 Å². The molecule has 1 aliphatic heterocycles. The highest BCUT2D eigenvalue weighted by Crippen LogP contribution is 2.28. The molecule has 0 aromatic heterocycles. The first-order chi connectivity index (χ1) is 8.25. The lowest BCUT2D eigenvalue weighted by Crippen LogP contribution is -2.54. The Hall–Kier alpha value is -1.02. The van der Waals surface area contributed by atoms with Gasteiger partial charge in [0, 0.05) is 32.2 Å². The monoisotopic (exact) mass is 268 g/mol. The van der Waals surface area contributed by atoms with E-state index >= 15 is 0 Å². The highest BCUT2D eigenvalue weighted by Gasteiger charge is 2.44. The van der Waals surface area contributed by atoms with Gasteiger partial charge < -0.3 is 15.8 Å². The maximum absolute atomic E-state index is 12.8. The quantitative estimate of drug-likeness (QED) is 0.339. The third-order valence-electron chi connectivity index (χ3n) is 3.25. The van der Waals surface area contributed by atoms with Crippen LogP contribution in [0.25, 0.3) is 0 Å². The summed E-state index contributed by atoms with van der Waals surface area (Å²) in [6.45, 7) is 3.57. The summed E-state index contributed by atoms with van der Waals surface area (Å²) in [6.07, 6.45) is -4.50. The van der Waals surface area contributed by atoms with Gasteiger partial charge in [-0.15, -0.1) is 0 Å². The van der Waals surface area contributed by atoms with E-state index in [4.69, 9.17) is 10.9 Å². The molecule has 1 heterocycles. The Kier molecular flexibility index (Phi) is 4.80. The molecule has 5 nitrogen and oxygen atoms in total. The first-order valence-corrected chi connectivity index (χ1v) is 5.72. The van der Waals surface area contributed by atoms with E-state index in [9.17, 15) is 13.2 Å². The van der Waals surface area contributed by atoms with Crippen molar-refractivity contribution in [3.63, 3.8) is 0 Å². The van der Waals surface area contributed by atoms with Gasteiger partial charge >= 0.3 is 6.18 Å². The number of hydrogen-bond donors (Lipinski definition) is 2. The zero-order valence-electron chi connectivity index (χ0n) is 10.5. The lowest BCUT2D eigenvalue weighted by molar-refractivity contribution is -0.162. The summed E-state index contributed by atoms with van der Waals surface area (Å²) < 4.78 is 38.4. The number of piperazine rings is 1. The molecule has 0 aromatic rings. The molecule has 0 radical (unpaired) electrons. The molecule has 0 bridgehead atoms. The van der Waals surface area contributed by atoms with Crippen molar-refractivity contribution in [2.24, 2.45) is 16.8 Å². The van der Waals surface area contributed by atoms with Crippen LogP contribution in [0.1, 0.15) is 6.92 Å². The molecule has 1 saturated heterocycles. The maximum Gasteiger partial charge on any atom is 0.400 e. The van der Waals surface area contributed by atoms with E-state index in [1.165, 1.54) is 0 Å². The minimum absolute atomic E-state index is 0.0140. The Bertz CT molecular complexity index is 308. The SMILES string of the molecule is CC1CN(C)CCN1CC(C(N)=NO)C(F)(F)F. The fraction of sp³-hybridized carbons (Fsp3) is 0.900. The first-order valence-electron chi connectivity index (χ1n) is 5.72. The molecule has 1 fully saturated rings. The van der Waals surface area contributed by atoms with Gasteiger partial charge in [0.05, 0.1) is 0 Å². The molecule has 18 heavy (non-hydrogen) atoms. The zero-order chi connectivity index (χ0) is 13.9. The molecule has 2 unspecified atom stereocenters. The summed E-state index contributed by atoms with van der Waals surface area (Å²) in [7, 11) is 1.93. The van der Waals surface area contributed by atoms with E-state index in [2.05, 4.69) is 10.1 Å². The summed E-state index contributed by atoms with van der Waals surface area (Å²) in [4.78, 5) is 3.78. The van der Waals surface area contributed by atoms with Crippen LogP contribution in [0.4, 0.5) is 13.2 Å². The van der Waals surface area contributed by atoms with E-state index in [0.29, 0.717) is 19.6 Å². The number of rotatable bonds is 3. The predicted octanol–water partition coefficient (Wildman–Crippen LogP) is 0.547. The molecule has 2 atom stereocenters. The van der Waals surface area contributed by atoms with Crippen molar-refractivity contribution >= 4 is 5.84 Å². The van der Waals surface area contributed by atoms with Crippen molar-refractivity contribution in [2.75, 3.05) is 33.2 Å². The molecule has 0 saturated carbocycles. The highest BCUT2D eigenvalue weighted by molar-refractivity contribution is 5.83. The molecule has 0 aromatic carbocycles. The lowest BCUT2D eigenvalue weighted by Gasteiger charge is -2.39. The topological polar surface area (TPSA) is 65.1 Å². The molecular weight excluding hydrogens is 249 g/mol. The van der Waals surface area contributed by atoms with Crippen molar-refractivity contribution in [2.45, 2.75) is 19.1 Å². The fourth-order valence-electron chi connectivity index (χ4n) is 2.12. The van der Waals surface area contributed by atoms with E-state index in [1.54, 1.807) is 4.90 Å². The van der Waals surface area contributed by atoms with E-state index in [-0.39, 0.29) is 12.6 Å². The van der Waals surface area contributed by atoms with Crippen LogP contribution in [0.3, 0.4) is 0 Å². The molecular formula is C10H19F3N4O. The van der Waals surface area contributed by atoms with Crippen LogP contribution in [0, 0.1) is 5.92 Å². The summed E-state index contributed by atoms with van der Waals surface area (Å²) in [5, 5.41) is 10.9. The minimum atomic E-state index is -4.50. The molecule has 1 rings (SSSR count). The van der Waals surface area contributed by atoms with Crippen molar-refractivity contribution in [1.82, 2.24) is 9.80 Å². The molecule has 8 heteroatoms. The number of nitrogens with two attached hydrogens (primary N) is 1. The standard InChI is InChI=1S/C10H19F3N4O/c1-7-5-16(2)3-4-17(7)6-8(9(14)15-18)10(11,12)13/h7-8,18H,3-6H2,1-2H3,(H2,14,15). The van der Waals surface area contributed by atoms with E-state index < -0.39 is 17.9 Å². The molecule has 3 N–H and O–H groups in total. The average molecular weight is 268 g/mol. The van der Waals surface area contributed by atoms with Crippen molar-refractivity contribution < 1.29 is 18.4 Å². The smallest absolute Gasteiger partial charge is 0.400 e. The number of halogens is 3. The summed E-state index contributed by atoms with van der Waals surface area (Å²) in [5.74, 6) is -2.71. The van der Waals surface area contributed by atoms with E-state index in [1.807, 2.05) is 14.0 Å². The van der Waals surface area contributed by atoms with Gasteiger partial charge in [0.25, 0.3) is 0 Å². The van der Waals surface area contributed by atoms with E-state index in [0.717, 1.165) is 0 Å². The minimum Gasteiger partial charge on any atom is -0.409 e. The normalized spacial score (nSPS) is 26.3. The van der Waals surface area contributed by atoms with Gasteiger partial charge in [-0.25, -0.2) is 0 Å². The van der Waals surface area contributed by atoms with Gasteiger partial charge in [-0.2, -0.15) is 13.2 Å². The van der Waals surface area contributed by atoms with Crippen LogP contribution in [-0.4, -0.2) is 66.3 Å². The van der Waals surface area contributed by atoms with Gasteiger partial charge in [-0.1, -0.05) is 5.16 Å². The van der Waals surface area contributed by atoms with Gasteiger partial charge in [0.1, 0.15) is 5.92 Å². The summed E-state index contributed by atoms with van der Waals surface area (Å²) in [5.41, 5.74) is 5.14. The van der Waals surface area contributed by atoms with Gasteiger partial charge in [-0.3, -0.25) is 4.90 Å². The number of likely N-dealkylation sites (N-methyl/N-ethyl adjacent to an activating group) is 1. The lowest BCUT2D eigenvalue weighted by atomic mass is 10.1. The third kappa shape index (κ3) is 3.74. The van der Waals surface area contributed by atoms with Crippen LogP contribution in [0.2, 0.25) is 0 Å². The fourth-order valence-corrected chi connectivity index (χ4v) is 2.12. The van der Waals surface area contributed by atoms with Gasteiger partial charge in [0.15, 0.2) is 5.84 Å². The molecule has 106 valence electrons. The van der Waals surface area contributed by atoms with Crippen LogP contribution >= 0.6 is 0 Å². The number of oxime groups is 1. The first kappa shape index (κ1) is 15.0. The van der Waals surface area contributed by atoms with Crippen molar-refractivity contribution in [1.29, 1.82) is 0 Å². The second kappa shape index (κ2) is 5.75. The Morgan fingerprint density at radius 3 is 2.56 bits per heavy atom. The van der Waals surface area contributed by atoms with Crippen molar-refractivity contribution in [3.05, 3.63) is 0 Å². The maximum atomic E-state index is 12.8. The van der Waals surface area contributed by atoms with Crippen LogP contribution < -0.4 is 5.73 Å². The zero-order valence-corrected chi connectivity index (χ0v) is 10.5. The predicted molar refractivity (Wildman–Crippen MR) is 61.5 cm³/mol. The van der Waals surface area contributed by atoms with Gasteiger partial charge in [-0.05, 0) is 14.0 Å². The number of amidine groups is 1. The Balaban J connectivity index is 2.73. The second-order valence-electron chi connectivity index (χ2n) is 4.73. The Morgan fingerprint density at radius 2 is 2.11 bits per heavy atom. The highest BCUT2D eigenvalue weighted by atomic mass is 19.4. The number of hydrogen-bond acceptors (Lipinski definition) is 4. The van der Waals surface area contributed by atoms with Crippen LogP contribution in [-0.2, 0) is 0 Å². The number of nitrogens with zero attached hydrogens (tertiary/aromatic N) is 3. The van der Waals surface area contributed by atoms with Crippen molar-refractivity contribution in [3.8, 4) is 0 Å². The molecule has 0 aliphatic carbocycles. The third-order valence-corrected chi connectivity index (χ3v) is 3.25. The average Bonchev–Trinajstić information content (AvgIpc) is 2.25. The molecule has 1 aliphatic rings. The molecule has 0 spiro atoms.